The lowest BCUT2D eigenvalue weighted by atomic mass is 9.84. The maximum atomic E-state index is 14.3. The third kappa shape index (κ3) is 8.23. The smallest absolute Gasteiger partial charge is 0.254 e. The number of nitrogens with one attached hydrogen (secondary N) is 1. The summed E-state index contributed by atoms with van der Waals surface area (Å²) < 4.78 is 12.3. The number of carbonyl (C=O) groups is 2. The molecule has 2 saturated heterocycles. The second-order valence-corrected chi connectivity index (χ2v) is 19.4. The molecule has 0 unspecified atom stereocenters. The monoisotopic (exact) mass is 875 g/mol. The number of hydrogen-bond acceptors (Lipinski definition) is 13. The van der Waals surface area contributed by atoms with Crippen LogP contribution < -0.4 is 10.1 Å². The molecular formula is C47H53N7O6S2. The van der Waals surface area contributed by atoms with Crippen LogP contribution in [-0.4, -0.2) is 96.1 Å². The topological polar surface area (TPSA) is 167 Å². The second kappa shape index (κ2) is 17.5. The fourth-order valence-electron chi connectivity index (χ4n) is 9.49. The van der Waals surface area contributed by atoms with Crippen molar-refractivity contribution in [2.45, 2.75) is 109 Å². The molecule has 0 spiro atoms. The SMILES string of the molecule is Cc1ncsc1-c1ccc([C@H](C)NC(=O)[C@@H]2C[C@@H](O)CN2C(=O)[C@@H](c2cc(O[C@H]3CC[C@@H]3N3CCC(c4sc5nnc(-c6ccccc6O)cc5c4C)CC3)no2)C(C)C)cc1. The van der Waals surface area contributed by atoms with Crippen molar-refractivity contribution in [2.24, 2.45) is 5.92 Å². The number of aliphatic hydroxyl groups excluding tert-OH is 1. The summed E-state index contributed by atoms with van der Waals surface area (Å²) >= 11 is 3.33. The summed E-state index contributed by atoms with van der Waals surface area (Å²) in [5.41, 5.74) is 7.43. The van der Waals surface area contributed by atoms with Gasteiger partial charge in [-0.1, -0.05) is 50.2 Å². The first-order valence-corrected chi connectivity index (χ1v) is 23.3. The molecule has 9 rings (SSSR count). The summed E-state index contributed by atoms with van der Waals surface area (Å²) in [6, 6.07) is 18.2. The highest BCUT2D eigenvalue weighted by Crippen LogP contribution is 2.43. The third-order valence-electron chi connectivity index (χ3n) is 13.1. The van der Waals surface area contributed by atoms with Gasteiger partial charge >= 0.3 is 0 Å². The molecule has 6 heterocycles. The van der Waals surface area contributed by atoms with Gasteiger partial charge in [0.2, 0.25) is 11.8 Å². The molecule has 3 fully saturated rings. The van der Waals surface area contributed by atoms with Gasteiger partial charge in [0.05, 0.1) is 33.9 Å². The number of hydrogen-bond donors (Lipinski definition) is 3. The lowest BCUT2D eigenvalue weighted by Gasteiger charge is -2.46. The number of para-hydroxylation sites is 1. The van der Waals surface area contributed by atoms with Gasteiger partial charge in [0.25, 0.3) is 5.88 Å². The van der Waals surface area contributed by atoms with Gasteiger partial charge in [-0.2, -0.15) is 0 Å². The number of aryl methyl sites for hydroxylation is 2. The third-order valence-corrected chi connectivity index (χ3v) is 15.5. The Bertz CT molecular complexity index is 2560. The molecule has 13 nitrogen and oxygen atoms in total. The number of nitrogens with zero attached hydrogens (tertiary/aromatic N) is 6. The van der Waals surface area contributed by atoms with Gasteiger partial charge in [-0.05, 0) is 111 Å². The standard InChI is InChI=1S/C47H53N7O6S2/c1-25(2)42(47(58)54-23-32(55)20-37(54)45(57)49-27(4)29-10-12-30(13-11-29)44-28(5)48-24-61-44)40-22-41(52-60-40)59-39-15-14-36(39)53-18-16-31(17-19-53)43-26(3)34-21-35(50-51-46(34)62-43)33-8-6-7-9-38(33)56/h6-13,21-22,24-25,27,31-32,36-37,39,42,55-56H,14-20,23H2,1-5H3,(H,49,57)/t27-,32+,36-,37-,39-,42+/m0/s1. The van der Waals surface area contributed by atoms with E-state index in [2.05, 4.69) is 37.5 Å². The number of thiazole rings is 1. The number of benzene rings is 2. The average molecular weight is 876 g/mol. The number of phenolic OH excluding ortho intramolecular Hbond substituents is 1. The molecule has 0 bridgehead atoms. The number of ether oxygens (including phenoxy) is 1. The molecule has 2 aliphatic heterocycles. The molecule has 1 saturated carbocycles. The van der Waals surface area contributed by atoms with Crippen molar-refractivity contribution in [2.75, 3.05) is 19.6 Å². The van der Waals surface area contributed by atoms with Crippen LogP contribution in [0.1, 0.15) is 98.2 Å². The summed E-state index contributed by atoms with van der Waals surface area (Å²) in [5.74, 6) is -0.0904. The Labute approximate surface area is 369 Å². The first kappa shape index (κ1) is 42.1. The number of rotatable bonds is 12. The lowest BCUT2D eigenvalue weighted by Crippen LogP contribution is -2.55. The Morgan fingerprint density at radius 2 is 1.76 bits per heavy atom. The van der Waals surface area contributed by atoms with Crippen molar-refractivity contribution in [1.29, 1.82) is 0 Å². The maximum absolute atomic E-state index is 14.3. The molecule has 3 aliphatic rings. The average Bonchev–Trinajstić information content (AvgIpc) is 4.07. The number of aromatic hydroxyl groups is 1. The summed E-state index contributed by atoms with van der Waals surface area (Å²) in [6.07, 6.45) is 3.31. The van der Waals surface area contributed by atoms with Crippen LogP contribution in [0.4, 0.5) is 0 Å². The van der Waals surface area contributed by atoms with Gasteiger partial charge in [-0.15, -0.1) is 32.9 Å². The first-order chi connectivity index (χ1) is 29.9. The maximum Gasteiger partial charge on any atom is 0.254 e. The summed E-state index contributed by atoms with van der Waals surface area (Å²) in [5, 5.41) is 38.6. The molecular weight excluding hydrogens is 823 g/mol. The van der Waals surface area contributed by atoms with E-state index in [1.807, 2.05) is 75.7 Å². The van der Waals surface area contributed by atoms with Gasteiger partial charge in [0, 0.05) is 40.9 Å². The predicted octanol–water partition coefficient (Wildman–Crippen LogP) is 8.16. The number of thiophene rings is 1. The highest BCUT2D eigenvalue weighted by molar-refractivity contribution is 7.19. The van der Waals surface area contributed by atoms with Crippen molar-refractivity contribution < 1.29 is 29.1 Å². The number of amides is 2. The van der Waals surface area contributed by atoms with Crippen molar-refractivity contribution in [3.8, 4) is 33.3 Å². The Morgan fingerprint density at radius 3 is 2.45 bits per heavy atom. The van der Waals surface area contributed by atoms with Crippen LogP contribution in [0.5, 0.6) is 11.6 Å². The number of fused-ring (bicyclic) bond motifs is 1. The van der Waals surface area contributed by atoms with Crippen LogP contribution >= 0.6 is 22.7 Å². The van der Waals surface area contributed by atoms with E-state index in [4.69, 9.17) is 9.26 Å². The Balaban J connectivity index is 0.808. The highest BCUT2D eigenvalue weighted by Gasteiger charge is 2.44. The van der Waals surface area contributed by atoms with Gasteiger partial charge in [0.15, 0.2) is 5.76 Å². The van der Waals surface area contributed by atoms with E-state index in [-0.39, 0.29) is 54.6 Å². The summed E-state index contributed by atoms with van der Waals surface area (Å²) in [6.45, 7) is 12.0. The molecule has 6 aromatic rings. The minimum absolute atomic E-state index is 0.0383. The van der Waals surface area contributed by atoms with Crippen LogP contribution in [0.3, 0.4) is 0 Å². The number of likely N-dealkylation sites (tertiary alicyclic amines) is 2. The number of phenols is 1. The van der Waals surface area contributed by atoms with E-state index in [0.29, 0.717) is 28.8 Å². The minimum Gasteiger partial charge on any atom is -0.507 e. The van der Waals surface area contributed by atoms with E-state index >= 15 is 0 Å². The van der Waals surface area contributed by atoms with Gasteiger partial charge in [0.1, 0.15) is 28.6 Å². The molecule has 15 heteroatoms. The summed E-state index contributed by atoms with van der Waals surface area (Å²) in [4.78, 5) is 39.9. The molecule has 3 N–H and O–H groups in total. The number of β-amino-alcohol motifs (C(OH)–C–C–N with tert-alkyl or cyclic N) is 1. The van der Waals surface area contributed by atoms with E-state index in [1.54, 1.807) is 40.9 Å². The lowest BCUT2D eigenvalue weighted by molar-refractivity contribution is -0.141. The second-order valence-electron chi connectivity index (χ2n) is 17.5. The molecule has 0 radical (unpaired) electrons. The van der Waals surface area contributed by atoms with Crippen LogP contribution in [0, 0.1) is 19.8 Å². The Kier molecular flexibility index (Phi) is 11.9. The first-order valence-electron chi connectivity index (χ1n) is 21.6. The molecule has 4 aromatic heterocycles. The Morgan fingerprint density at radius 1 is 0.984 bits per heavy atom. The molecule has 2 aromatic carbocycles. The van der Waals surface area contributed by atoms with Crippen molar-refractivity contribution in [3.05, 3.63) is 93.6 Å². The number of piperidine rings is 1. The van der Waals surface area contributed by atoms with Gasteiger partial charge in [-0.25, -0.2) is 4.98 Å². The zero-order chi connectivity index (χ0) is 43.2. The van der Waals surface area contributed by atoms with Crippen LogP contribution in [0.15, 0.2) is 70.7 Å². The fourth-order valence-corrected chi connectivity index (χ4v) is 11.6. The number of aliphatic hydroxyl groups is 1. The van der Waals surface area contributed by atoms with Gasteiger partial charge < -0.3 is 29.7 Å². The number of aromatic nitrogens is 4. The van der Waals surface area contributed by atoms with E-state index in [0.717, 1.165) is 70.7 Å². The highest BCUT2D eigenvalue weighted by atomic mass is 32.1. The van der Waals surface area contributed by atoms with Crippen molar-refractivity contribution in [1.82, 2.24) is 35.5 Å². The van der Waals surface area contributed by atoms with Crippen molar-refractivity contribution in [3.63, 3.8) is 0 Å². The Hall–Kier alpha value is -5.22. The molecule has 62 heavy (non-hydrogen) atoms. The molecule has 6 atom stereocenters. The quantitative estimate of drug-likeness (QED) is 0.109. The predicted molar refractivity (Wildman–Crippen MR) is 239 cm³/mol. The largest absolute Gasteiger partial charge is 0.507 e. The number of carbonyl (C=O) groups excluding carboxylic acids is 2. The fraction of sp³-hybridized carbons (Fsp3) is 0.447. The zero-order valence-corrected chi connectivity index (χ0v) is 37.3. The van der Waals surface area contributed by atoms with E-state index in [1.165, 1.54) is 15.3 Å². The van der Waals surface area contributed by atoms with Crippen LogP contribution in [0.2, 0.25) is 0 Å². The van der Waals surface area contributed by atoms with Crippen LogP contribution in [-0.2, 0) is 9.59 Å². The normalized spacial score (nSPS) is 21.9. The van der Waals surface area contributed by atoms with E-state index < -0.39 is 18.1 Å². The minimum atomic E-state index is -0.821. The van der Waals surface area contributed by atoms with Crippen molar-refractivity contribution >= 4 is 44.7 Å². The van der Waals surface area contributed by atoms with Gasteiger partial charge in [-0.3, -0.25) is 14.5 Å². The molecule has 1 aliphatic carbocycles. The zero-order valence-electron chi connectivity index (χ0n) is 35.7. The van der Waals surface area contributed by atoms with E-state index in [9.17, 15) is 19.8 Å². The molecule has 324 valence electrons. The molecule has 2 amide bonds. The van der Waals surface area contributed by atoms with Crippen LogP contribution in [0.25, 0.3) is 31.9 Å². The summed E-state index contributed by atoms with van der Waals surface area (Å²) in [7, 11) is 0.